The lowest BCUT2D eigenvalue weighted by molar-refractivity contribution is 0.0696. The average molecular weight is 313 g/mol. The number of nitrogens with zero attached hydrogens (tertiary/aromatic N) is 1. The number of carboxylic acids is 1. The molecule has 1 N–H and O–H groups in total. The number of carbonyl (C=O) groups excluding carboxylic acids is 2. The van der Waals surface area contributed by atoms with Crippen molar-refractivity contribution in [3.63, 3.8) is 0 Å². The molecule has 0 heterocycles. The van der Waals surface area contributed by atoms with Crippen molar-refractivity contribution >= 4 is 29.7 Å². The Hall–Kier alpha value is -3.15. The summed E-state index contributed by atoms with van der Waals surface area (Å²) in [6.07, 6.45) is -0.00225. The van der Waals surface area contributed by atoms with Gasteiger partial charge in [0.2, 0.25) is 0 Å². The third kappa shape index (κ3) is 3.55. The number of para-hydroxylation sites is 1. The first-order valence-corrected chi connectivity index (χ1v) is 6.93. The molecule has 118 valence electrons. The zero-order valence-electron chi connectivity index (χ0n) is 12.4. The van der Waals surface area contributed by atoms with E-state index in [1.165, 1.54) is 29.2 Å². The molecule has 6 nitrogen and oxygen atoms in total. The van der Waals surface area contributed by atoms with E-state index in [0.717, 1.165) is 0 Å². The van der Waals surface area contributed by atoms with Gasteiger partial charge in [-0.3, -0.25) is 4.79 Å². The Balaban J connectivity index is 2.52. The van der Waals surface area contributed by atoms with Gasteiger partial charge in [-0.05, 0) is 43.3 Å². The molecule has 0 spiro atoms. The summed E-state index contributed by atoms with van der Waals surface area (Å²) in [4.78, 5) is 35.7. The number of amides is 1. The average Bonchev–Trinajstić information content (AvgIpc) is 2.56. The first-order chi connectivity index (χ1) is 11.1. The van der Waals surface area contributed by atoms with E-state index < -0.39 is 12.1 Å². The van der Waals surface area contributed by atoms with Gasteiger partial charge >= 0.3 is 12.1 Å². The van der Waals surface area contributed by atoms with Gasteiger partial charge in [-0.25, -0.2) is 14.5 Å². The van der Waals surface area contributed by atoms with Crippen LogP contribution in [0.1, 0.15) is 27.6 Å². The number of aromatic carboxylic acids is 1. The second kappa shape index (κ2) is 7.22. The van der Waals surface area contributed by atoms with Crippen LogP contribution in [0.15, 0.2) is 48.5 Å². The van der Waals surface area contributed by atoms with Crippen LogP contribution < -0.4 is 4.90 Å². The largest absolute Gasteiger partial charge is 0.478 e. The van der Waals surface area contributed by atoms with E-state index in [4.69, 9.17) is 9.84 Å². The van der Waals surface area contributed by atoms with Crippen LogP contribution in [0.4, 0.5) is 16.2 Å². The second-order valence-electron chi connectivity index (χ2n) is 4.56. The maximum atomic E-state index is 12.3. The van der Waals surface area contributed by atoms with Crippen LogP contribution in [0, 0.1) is 0 Å². The number of rotatable bonds is 5. The highest BCUT2D eigenvalue weighted by molar-refractivity contribution is 6.01. The molecule has 2 aromatic rings. The molecule has 6 heteroatoms. The maximum absolute atomic E-state index is 12.3. The lowest BCUT2D eigenvalue weighted by Gasteiger charge is -2.23. The highest BCUT2D eigenvalue weighted by Crippen LogP contribution is 2.29. The summed E-state index contributed by atoms with van der Waals surface area (Å²) in [5.41, 5.74) is 1.19. The van der Waals surface area contributed by atoms with Gasteiger partial charge in [-0.15, -0.1) is 0 Å². The van der Waals surface area contributed by atoms with Crippen molar-refractivity contribution in [2.45, 2.75) is 6.92 Å². The zero-order valence-corrected chi connectivity index (χ0v) is 12.4. The van der Waals surface area contributed by atoms with Gasteiger partial charge < -0.3 is 9.84 Å². The summed E-state index contributed by atoms with van der Waals surface area (Å²) in [7, 11) is 0. The number of ether oxygens (including phenoxy) is 1. The molecule has 2 rings (SSSR count). The maximum Gasteiger partial charge on any atom is 0.418 e. The monoisotopic (exact) mass is 313 g/mol. The molecule has 0 bridgehead atoms. The van der Waals surface area contributed by atoms with Crippen molar-refractivity contribution in [3.05, 3.63) is 59.7 Å². The number of carbonyl (C=O) groups is 3. The first-order valence-electron chi connectivity index (χ1n) is 6.93. The van der Waals surface area contributed by atoms with Crippen LogP contribution in [0.2, 0.25) is 0 Å². The van der Waals surface area contributed by atoms with Gasteiger partial charge in [0.05, 0.1) is 23.5 Å². The van der Waals surface area contributed by atoms with Gasteiger partial charge in [-0.1, -0.05) is 12.1 Å². The van der Waals surface area contributed by atoms with Crippen LogP contribution in [0.5, 0.6) is 0 Å². The molecule has 23 heavy (non-hydrogen) atoms. The van der Waals surface area contributed by atoms with Gasteiger partial charge in [0.25, 0.3) is 0 Å². The van der Waals surface area contributed by atoms with Crippen molar-refractivity contribution in [2.75, 3.05) is 11.5 Å². The van der Waals surface area contributed by atoms with E-state index >= 15 is 0 Å². The molecular formula is C17H15NO5. The Kier molecular flexibility index (Phi) is 5.09. The first kappa shape index (κ1) is 16.2. The molecule has 0 unspecified atom stereocenters. The lowest BCUT2D eigenvalue weighted by Crippen LogP contribution is -2.27. The van der Waals surface area contributed by atoms with Crippen LogP contribution in [-0.2, 0) is 4.74 Å². The Morgan fingerprint density at radius 2 is 1.78 bits per heavy atom. The van der Waals surface area contributed by atoms with E-state index in [9.17, 15) is 14.4 Å². The van der Waals surface area contributed by atoms with E-state index in [-0.39, 0.29) is 12.2 Å². The topological polar surface area (TPSA) is 83.9 Å². The second-order valence-corrected chi connectivity index (χ2v) is 4.56. The minimum Gasteiger partial charge on any atom is -0.478 e. The van der Waals surface area contributed by atoms with Crippen molar-refractivity contribution in [1.82, 2.24) is 0 Å². The zero-order chi connectivity index (χ0) is 16.8. The Morgan fingerprint density at radius 1 is 1.13 bits per heavy atom. The number of benzene rings is 2. The normalized spacial score (nSPS) is 9.96. The fraction of sp³-hybridized carbons (Fsp3) is 0.118. The molecule has 0 fully saturated rings. The third-order valence-electron chi connectivity index (χ3n) is 3.13. The van der Waals surface area contributed by atoms with E-state index in [0.29, 0.717) is 23.2 Å². The summed E-state index contributed by atoms with van der Waals surface area (Å²) in [5.74, 6) is -1.06. The van der Waals surface area contributed by atoms with Gasteiger partial charge in [0.1, 0.15) is 0 Å². The molecule has 0 aliphatic carbocycles. The summed E-state index contributed by atoms with van der Waals surface area (Å²) < 4.78 is 5.04. The summed E-state index contributed by atoms with van der Waals surface area (Å²) in [5, 5.41) is 8.96. The van der Waals surface area contributed by atoms with Gasteiger partial charge in [0, 0.05) is 5.56 Å². The van der Waals surface area contributed by atoms with Crippen molar-refractivity contribution < 1.29 is 24.2 Å². The number of hydrogen-bond acceptors (Lipinski definition) is 4. The van der Waals surface area contributed by atoms with Crippen LogP contribution in [0.25, 0.3) is 0 Å². The van der Waals surface area contributed by atoms with E-state index in [1.807, 2.05) is 0 Å². The number of hydrogen-bond donors (Lipinski definition) is 1. The molecule has 0 aromatic heterocycles. The van der Waals surface area contributed by atoms with Crippen molar-refractivity contribution in [2.24, 2.45) is 0 Å². The summed E-state index contributed by atoms with van der Waals surface area (Å²) >= 11 is 0. The Morgan fingerprint density at radius 3 is 2.35 bits per heavy atom. The van der Waals surface area contributed by atoms with Crippen LogP contribution in [0.3, 0.4) is 0 Å². The molecule has 0 saturated heterocycles. The quantitative estimate of drug-likeness (QED) is 0.854. The third-order valence-corrected chi connectivity index (χ3v) is 3.13. The Bertz CT molecular complexity index is 724. The predicted molar refractivity (Wildman–Crippen MR) is 84.4 cm³/mol. The van der Waals surface area contributed by atoms with Crippen LogP contribution in [-0.4, -0.2) is 30.1 Å². The molecule has 2 aromatic carbocycles. The molecule has 0 aliphatic rings. The van der Waals surface area contributed by atoms with E-state index in [2.05, 4.69) is 0 Å². The molecule has 0 radical (unpaired) electrons. The minimum atomic E-state index is -1.06. The number of anilines is 2. The number of carboxylic acid groups (broad SMARTS) is 1. The highest BCUT2D eigenvalue weighted by Gasteiger charge is 2.22. The highest BCUT2D eigenvalue weighted by atomic mass is 16.6. The summed E-state index contributed by atoms with van der Waals surface area (Å²) in [6, 6.07) is 12.3. The lowest BCUT2D eigenvalue weighted by atomic mass is 10.1. The predicted octanol–water partition coefficient (Wildman–Crippen LogP) is 3.49. The van der Waals surface area contributed by atoms with Crippen LogP contribution >= 0.6 is 0 Å². The van der Waals surface area contributed by atoms with Gasteiger partial charge in [-0.2, -0.15) is 0 Å². The van der Waals surface area contributed by atoms with Crippen molar-refractivity contribution in [1.29, 1.82) is 0 Å². The minimum absolute atomic E-state index is 0.0984. The van der Waals surface area contributed by atoms with Crippen molar-refractivity contribution in [3.8, 4) is 0 Å². The molecule has 0 aliphatic heterocycles. The summed E-state index contributed by atoms with van der Waals surface area (Å²) in [6.45, 7) is 1.85. The molecule has 1 amide bonds. The Labute approximate surface area is 132 Å². The standard InChI is InChI=1S/C17H15NO5/c1-2-23-17(22)18(15-6-4-3-5-13(15)11-19)14-9-7-12(8-10-14)16(20)21/h3-11H,2H2,1H3,(H,20,21). The van der Waals surface area contributed by atoms with Gasteiger partial charge in [0.15, 0.2) is 6.29 Å². The van der Waals surface area contributed by atoms with E-state index in [1.54, 1.807) is 31.2 Å². The molecule has 0 saturated carbocycles. The number of aldehydes is 1. The molecule has 0 atom stereocenters. The molecular weight excluding hydrogens is 298 g/mol. The fourth-order valence-electron chi connectivity index (χ4n) is 2.07. The fourth-order valence-corrected chi connectivity index (χ4v) is 2.07. The smallest absolute Gasteiger partial charge is 0.418 e. The SMILES string of the molecule is CCOC(=O)N(c1ccc(C(=O)O)cc1)c1ccccc1C=O.